The van der Waals surface area contributed by atoms with Crippen LogP contribution in [0.4, 0.5) is 0 Å². The third kappa shape index (κ3) is 4.12. The van der Waals surface area contributed by atoms with Gasteiger partial charge in [0, 0.05) is 24.1 Å². The van der Waals surface area contributed by atoms with Crippen molar-refractivity contribution < 1.29 is 23.7 Å². The fourth-order valence-corrected chi connectivity index (χ4v) is 2.82. The van der Waals surface area contributed by atoms with Gasteiger partial charge in [-0.05, 0) is 30.4 Å². The number of carbonyl (C=O) groups excluding carboxylic acids is 1. The minimum Gasteiger partial charge on any atom is -0.493 e. The molecule has 0 N–H and O–H groups in total. The van der Waals surface area contributed by atoms with E-state index in [0.29, 0.717) is 18.1 Å². The van der Waals surface area contributed by atoms with Crippen LogP contribution in [0.2, 0.25) is 0 Å². The summed E-state index contributed by atoms with van der Waals surface area (Å²) in [6.07, 6.45) is 3.95. The van der Waals surface area contributed by atoms with E-state index < -0.39 is 0 Å². The van der Waals surface area contributed by atoms with Gasteiger partial charge < -0.3 is 18.9 Å². The maximum Gasteiger partial charge on any atom is 0.330 e. The van der Waals surface area contributed by atoms with E-state index in [2.05, 4.69) is 0 Å². The summed E-state index contributed by atoms with van der Waals surface area (Å²) in [5.74, 6) is 0.930. The molecular weight excluding hydrogens is 320 g/mol. The Hall–Kier alpha value is -2.53. The Morgan fingerprint density at radius 1 is 1.08 bits per heavy atom. The first-order valence-corrected chi connectivity index (χ1v) is 8.25. The Morgan fingerprint density at radius 2 is 1.80 bits per heavy atom. The summed E-state index contributed by atoms with van der Waals surface area (Å²) in [6, 6.07) is 7.85. The molecule has 0 radical (unpaired) electrons. The predicted molar refractivity (Wildman–Crippen MR) is 98.0 cm³/mol. The smallest absolute Gasteiger partial charge is 0.330 e. The average molecular weight is 344 g/mol. The maximum atomic E-state index is 11.7. The summed E-state index contributed by atoms with van der Waals surface area (Å²) >= 11 is 0. The Labute approximate surface area is 148 Å². The number of fused-ring (bicyclic) bond motifs is 1. The van der Waals surface area contributed by atoms with Gasteiger partial charge in [0.25, 0.3) is 0 Å². The Kier molecular flexibility index (Phi) is 6.83. The summed E-state index contributed by atoms with van der Waals surface area (Å²) < 4.78 is 21.5. The molecule has 2 aromatic carbocycles. The van der Waals surface area contributed by atoms with Crippen LogP contribution in [-0.4, -0.2) is 33.6 Å². The van der Waals surface area contributed by atoms with E-state index in [1.807, 2.05) is 31.2 Å². The van der Waals surface area contributed by atoms with Crippen molar-refractivity contribution in [2.45, 2.75) is 20.3 Å². The molecule has 0 saturated heterocycles. The van der Waals surface area contributed by atoms with Gasteiger partial charge in [-0.15, -0.1) is 0 Å². The average Bonchev–Trinajstić information content (AvgIpc) is 2.64. The van der Waals surface area contributed by atoms with Gasteiger partial charge in [-0.1, -0.05) is 31.2 Å². The lowest BCUT2D eigenvalue weighted by molar-refractivity contribution is -0.137. The second-order valence-electron chi connectivity index (χ2n) is 5.29. The van der Waals surface area contributed by atoms with Crippen LogP contribution < -0.4 is 9.47 Å². The fraction of sp³-hybridized carbons (Fsp3) is 0.350. The highest BCUT2D eigenvalue weighted by Crippen LogP contribution is 2.42. The molecule has 2 rings (SSSR count). The number of ether oxygens (including phenoxy) is 4. The van der Waals surface area contributed by atoms with Crippen molar-refractivity contribution >= 4 is 22.8 Å². The quantitative estimate of drug-likeness (QED) is 0.412. The lowest BCUT2D eigenvalue weighted by Gasteiger charge is -2.19. The largest absolute Gasteiger partial charge is 0.493 e. The van der Waals surface area contributed by atoms with E-state index >= 15 is 0 Å². The van der Waals surface area contributed by atoms with Crippen molar-refractivity contribution in [3.8, 4) is 11.5 Å². The van der Waals surface area contributed by atoms with Gasteiger partial charge in [0.05, 0.1) is 13.7 Å². The third-order valence-electron chi connectivity index (χ3n) is 3.82. The van der Waals surface area contributed by atoms with Crippen molar-refractivity contribution in [1.82, 2.24) is 0 Å². The van der Waals surface area contributed by atoms with Gasteiger partial charge in [-0.2, -0.15) is 0 Å². The summed E-state index contributed by atoms with van der Waals surface area (Å²) in [7, 11) is 3.19. The fourth-order valence-electron chi connectivity index (χ4n) is 2.82. The molecule has 0 fully saturated rings. The van der Waals surface area contributed by atoms with Crippen molar-refractivity contribution in [3.63, 3.8) is 0 Å². The molecular formula is C20H24O5. The molecule has 25 heavy (non-hydrogen) atoms. The van der Waals surface area contributed by atoms with Crippen molar-refractivity contribution in [3.05, 3.63) is 41.5 Å². The van der Waals surface area contributed by atoms with Crippen LogP contribution >= 0.6 is 0 Å². The molecule has 2 aromatic rings. The van der Waals surface area contributed by atoms with Crippen LogP contribution in [-0.2, 0) is 20.7 Å². The van der Waals surface area contributed by atoms with Crippen molar-refractivity contribution in [2.24, 2.45) is 0 Å². The second kappa shape index (κ2) is 9.08. The van der Waals surface area contributed by atoms with Gasteiger partial charge in [-0.25, -0.2) is 4.79 Å². The number of esters is 1. The Bertz CT molecular complexity index is 764. The van der Waals surface area contributed by atoms with Crippen molar-refractivity contribution in [1.29, 1.82) is 0 Å². The highest BCUT2D eigenvalue weighted by molar-refractivity contribution is 6.00. The molecule has 0 spiro atoms. The van der Waals surface area contributed by atoms with E-state index in [1.54, 1.807) is 27.2 Å². The molecule has 0 atom stereocenters. The number of benzene rings is 2. The van der Waals surface area contributed by atoms with Crippen LogP contribution in [0, 0.1) is 0 Å². The zero-order valence-electron chi connectivity index (χ0n) is 15.1. The van der Waals surface area contributed by atoms with Crippen LogP contribution in [0.5, 0.6) is 11.5 Å². The van der Waals surface area contributed by atoms with Gasteiger partial charge in [-0.3, -0.25) is 0 Å². The van der Waals surface area contributed by atoms with Crippen LogP contribution in [0.3, 0.4) is 0 Å². The van der Waals surface area contributed by atoms with Crippen LogP contribution in [0.1, 0.15) is 25.0 Å². The van der Waals surface area contributed by atoms with E-state index in [-0.39, 0.29) is 12.8 Å². The number of methoxy groups -OCH3 is 2. The standard InChI is InChI=1S/C20H24O5/c1-5-14-16(11-12-18(21)24-6-2)15-9-7-8-10-17(15)20(19(14)23-4)25-13-22-3/h7-12H,5-6,13H2,1-4H3/b12-11+. The first kappa shape index (κ1) is 18.8. The summed E-state index contributed by atoms with van der Waals surface area (Å²) in [4.78, 5) is 11.7. The second-order valence-corrected chi connectivity index (χ2v) is 5.29. The molecule has 134 valence electrons. The zero-order valence-corrected chi connectivity index (χ0v) is 15.1. The van der Waals surface area contributed by atoms with Crippen LogP contribution in [0.25, 0.3) is 16.8 Å². The van der Waals surface area contributed by atoms with E-state index in [0.717, 1.165) is 28.3 Å². The van der Waals surface area contributed by atoms with Gasteiger partial charge in [0.2, 0.25) is 0 Å². The molecule has 0 unspecified atom stereocenters. The lowest BCUT2D eigenvalue weighted by Crippen LogP contribution is -2.05. The SMILES string of the molecule is CCOC(=O)/C=C/c1c(CC)c(OC)c(OCOC)c2ccccc12. The first-order chi connectivity index (χ1) is 12.2. The minimum absolute atomic E-state index is 0.127. The topological polar surface area (TPSA) is 54.0 Å². The van der Waals surface area contributed by atoms with Crippen LogP contribution in [0.15, 0.2) is 30.3 Å². The molecule has 5 heteroatoms. The molecule has 0 amide bonds. The molecule has 0 aromatic heterocycles. The zero-order chi connectivity index (χ0) is 18.2. The molecule has 5 nitrogen and oxygen atoms in total. The van der Waals surface area contributed by atoms with Crippen molar-refractivity contribution in [2.75, 3.05) is 27.6 Å². The molecule has 0 aliphatic rings. The predicted octanol–water partition coefficient (Wildman–Crippen LogP) is 3.97. The Morgan fingerprint density at radius 3 is 2.40 bits per heavy atom. The molecule has 0 bridgehead atoms. The number of carbonyl (C=O) groups is 1. The highest BCUT2D eigenvalue weighted by Gasteiger charge is 2.19. The maximum absolute atomic E-state index is 11.7. The lowest BCUT2D eigenvalue weighted by atomic mass is 9.95. The Balaban J connectivity index is 2.70. The number of hydrogen-bond donors (Lipinski definition) is 0. The van der Waals surface area contributed by atoms with E-state index in [4.69, 9.17) is 18.9 Å². The minimum atomic E-state index is -0.368. The summed E-state index contributed by atoms with van der Waals surface area (Å²) in [5.41, 5.74) is 1.89. The van der Waals surface area contributed by atoms with Gasteiger partial charge >= 0.3 is 5.97 Å². The van der Waals surface area contributed by atoms with E-state index in [9.17, 15) is 4.79 Å². The highest BCUT2D eigenvalue weighted by atomic mass is 16.7. The summed E-state index contributed by atoms with van der Waals surface area (Å²) in [6.45, 7) is 4.29. The monoisotopic (exact) mass is 344 g/mol. The third-order valence-corrected chi connectivity index (χ3v) is 3.82. The number of rotatable bonds is 8. The van der Waals surface area contributed by atoms with E-state index in [1.165, 1.54) is 6.08 Å². The normalized spacial score (nSPS) is 11.0. The van der Waals surface area contributed by atoms with Gasteiger partial charge in [0.15, 0.2) is 18.3 Å². The molecule has 0 saturated carbocycles. The molecule has 0 aliphatic carbocycles. The molecule has 0 heterocycles. The summed E-state index contributed by atoms with van der Waals surface area (Å²) in [5, 5.41) is 1.88. The molecule has 0 aliphatic heterocycles. The first-order valence-electron chi connectivity index (χ1n) is 8.25. The number of hydrogen-bond acceptors (Lipinski definition) is 5. The van der Waals surface area contributed by atoms with Gasteiger partial charge in [0.1, 0.15) is 0 Å².